The Morgan fingerprint density at radius 1 is 1.57 bits per heavy atom. The monoisotopic (exact) mass is 355 g/mol. The van der Waals surface area contributed by atoms with Gasteiger partial charge in [-0.15, -0.1) is 0 Å². The Kier molecular flexibility index (Phi) is 5.19. The van der Waals surface area contributed by atoms with Gasteiger partial charge in [0.15, 0.2) is 6.61 Å². The van der Waals surface area contributed by atoms with E-state index in [1.165, 1.54) is 4.90 Å². The van der Waals surface area contributed by atoms with E-state index in [2.05, 4.69) is 21.2 Å². The quantitative estimate of drug-likeness (QED) is 0.821. The zero-order valence-electron chi connectivity index (χ0n) is 11.8. The smallest absolute Gasteiger partial charge is 0.265 e. The zero-order chi connectivity index (χ0) is 15.4. The minimum atomic E-state index is -0.230. The maximum absolute atomic E-state index is 12.0. The molecule has 2 rings (SSSR count). The highest BCUT2D eigenvalue weighted by Gasteiger charge is 2.27. The molecule has 1 atom stereocenters. The van der Waals surface area contributed by atoms with Crippen molar-refractivity contribution in [2.75, 3.05) is 31.1 Å². The van der Waals surface area contributed by atoms with E-state index in [9.17, 15) is 9.59 Å². The third-order valence-corrected chi connectivity index (χ3v) is 3.71. The maximum Gasteiger partial charge on any atom is 0.265 e. The Morgan fingerprint density at radius 3 is 3.05 bits per heavy atom. The number of nitrogens with one attached hydrogen (secondary N) is 1. The normalized spacial score (nSPS) is 15.2. The summed E-state index contributed by atoms with van der Waals surface area (Å²) in [4.78, 5) is 25.4. The van der Waals surface area contributed by atoms with Crippen LogP contribution in [0.5, 0.6) is 5.75 Å². The van der Waals surface area contributed by atoms with E-state index in [1.807, 2.05) is 13.0 Å². The maximum atomic E-state index is 12.0. The summed E-state index contributed by atoms with van der Waals surface area (Å²) in [6.07, 6.45) is 0. The molecular formula is C14H18BrN3O3. The van der Waals surface area contributed by atoms with E-state index in [4.69, 9.17) is 10.5 Å². The van der Waals surface area contributed by atoms with Crippen LogP contribution in [0.2, 0.25) is 0 Å². The second kappa shape index (κ2) is 6.91. The van der Waals surface area contributed by atoms with Gasteiger partial charge in [-0.1, -0.05) is 22.9 Å². The number of benzene rings is 1. The van der Waals surface area contributed by atoms with Gasteiger partial charge >= 0.3 is 0 Å². The van der Waals surface area contributed by atoms with Gasteiger partial charge in [-0.25, -0.2) is 0 Å². The first-order valence-corrected chi connectivity index (χ1v) is 7.50. The van der Waals surface area contributed by atoms with Crippen LogP contribution in [-0.4, -0.2) is 38.1 Å². The fraction of sp³-hybridized carbons (Fsp3) is 0.429. The topological polar surface area (TPSA) is 84.7 Å². The molecule has 0 saturated carbocycles. The lowest BCUT2D eigenvalue weighted by Gasteiger charge is -2.29. The molecule has 0 bridgehead atoms. The second-order valence-electron chi connectivity index (χ2n) is 5.03. The molecule has 6 nitrogen and oxygen atoms in total. The molecule has 0 aromatic heterocycles. The van der Waals surface area contributed by atoms with Crippen LogP contribution in [0.3, 0.4) is 0 Å². The average molecular weight is 356 g/mol. The number of nitrogens with zero attached hydrogens (tertiary/aromatic N) is 1. The Bertz CT molecular complexity index is 550. The number of carbonyl (C=O) groups is 2. The van der Waals surface area contributed by atoms with E-state index in [0.29, 0.717) is 24.5 Å². The van der Waals surface area contributed by atoms with Crippen molar-refractivity contribution in [2.45, 2.75) is 6.92 Å². The molecule has 1 unspecified atom stereocenters. The predicted molar refractivity (Wildman–Crippen MR) is 83.2 cm³/mol. The molecule has 1 heterocycles. The van der Waals surface area contributed by atoms with Crippen molar-refractivity contribution in [3.63, 3.8) is 0 Å². The van der Waals surface area contributed by atoms with E-state index in [0.717, 1.165) is 4.47 Å². The van der Waals surface area contributed by atoms with E-state index in [1.54, 1.807) is 12.1 Å². The van der Waals surface area contributed by atoms with Gasteiger partial charge in [-0.2, -0.15) is 0 Å². The number of rotatable bonds is 5. The number of amides is 2. The highest BCUT2D eigenvalue weighted by atomic mass is 79.9. The zero-order valence-corrected chi connectivity index (χ0v) is 13.4. The number of hydrogen-bond donors (Lipinski definition) is 2. The molecule has 1 aromatic rings. The lowest BCUT2D eigenvalue weighted by molar-refractivity contribution is -0.125. The first kappa shape index (κ1) is 15.8. The predicted octanol–water partition coefficient (Wildman–Crippen LogP) is 0.886. The standard InChI is InChI=1S/C14H18BrN3O3/c1-9(5-16)6-17-13(19)7-18-11-3-2-10(15)4-12(11)21-8-14(18)20/h2-4,9H,5-8,16H2,1H3,(H,17,19). The van der Waals surface area contributed by atoms with Gasteiger partial charge < -0.3 is 15.8 Å². The fourth-order valence-corrected chi connectivity index (χ4v) is 2.26. The van der Waals surface area contributed by atoms with Crippen molar-refractivity contribution in [3.05, 3.63) is 22.7 Å². The number of anilines is 1. The summed E-state index contributed by atoms with van der Waals surface area (Å²) in [6.45, 7) is 2.88. The number of carbonyl (C=O) groups excluding carboxylic acids is 2. The number of nitrogens with two attached hydrogens (primary N) is 1. The van der Waals surface area contributed by atoms with Gasteiger partial charge in [0, 0.05) is 11.0 Å². The van der Waals surface area contributed by atoms with Crippen LogP contribution in [-0.2, 0) is 9.59 Å². The van der Waals surface area contributed by atoms with Crippen LogP contribution < -0.4 is 20.7 Å². The van der Waals surface area contributed by atoms with Gasteiger partial charge in [-0.3, -0.25) is 14.5 Å². The second-order valence-corrected chi connectivity index (χ2v) is 5.94. The Balaban J connectivity index is 2.06. The number of fused-ring (bicyclic) bond motifs is 1. The Hall–Kier alpha value is -1.60. The SMILES string of the molecule is CC(CN)CNC(=O)CN1C(=O)COc2cc(Br)ccc21. The van der Waals surface area contributed by atoms with Gasteiger partial charge in [0.1, 0.15) is 12.3 Å². The molecule has 1 aliphatic heterocycles. The molecule has 0 fully saturated rings. The third kappa shape index (κ3) is 3.95. The van der Waals surface area contributed by atoms with Crippen molar-refractivity contribution in [2.24, 2.45) is 11.7 Å². The number of hydrogen-bond acceptors (Lipinski definition) is 4. The molecule has 114 valence electrons. The van der Waals surface area contributed by atoms with E-state index < -0.39 is 0 Å². The van der Waals surface area contributed by atoms with Gasteiger partial charge in [0.2, 0.25) is 5.91 Å². The molecule has 0 spiro atoms. The molecule has 0 radical (unpaired) electrons. The summed E-state index contributed by atoms with van der Waals surface area (Å²) in [6, 6.07) is 5.34. The largest absolute Gasteiger partial charge is 0.482 e. The van der Waals surface area contributed by atoms with E-state index in [-0.39, 0.29) is 30.9 Å². The van der Waals surface area contributed by atoms with Crippen LogP contribution in [0.4, 0.5) is 5.69 Å². The molecular weight excluding hydrogens is 338 g/mol. The van der Waals surface area contributed by atoms with E-state index >= 15 is 0 Å². The summed E-state index contributed by atoms with van der Waals surface area (Å²) in [5, 5.41) is 2.78. The molecule has 0 aliphatic carbocycles. The van der Waals surface area contributed by atoms with Crippen LogP contribution >= 0.6 is 15.9 Å². The number of halogens is 1. The van der Waals surface area contributed by atoms with Crippen LogP contribution in [0.1, 0.15) is 6.92 Å². The molecule has 7 heteroatoms. The van der Waals surface area contributed by atoms with Crippen LogP contribution in [0, 0.1) is 5.92 Å². The number of ether oxygens (including phenoxy) is 1. The average Bonchev–Trinajstić information content (AvgIpc) is 2.47. The van der Waals surface area contributed by atoms with Crippen LogP contribution in [0.25, 0.3) is 0 Å². The van der Waals surface area contributed by atoms with Crippen molar-refractivity contribution >= 4 is 33.4 Å². The first-order chi connectivity index (χ1) is 10.0. The van der Waals surface area contributed by atoms with Crippen LogP contribution in [0.15, 0.2) is 22.7 Å². The summed E-state index contributed by atoms with van der Waals surface area (Å²) < 4.78 is 6.23. The minimum Gasteiger partial charge on any atom is -0.482 e. The van der Waals surface area contributed by atoms with Crippen molar-refractivity contribution in [1.82, 2.24) is 5.32 Å². The molecule has 1 aromatic carbocycles. The van der Waals surface area contributed by atoms with Crippen molar-refractivity contribution < 1.29 is 14.3 Å². The molecule has 21 heavy (non-hydrogen) atoms. The highest BCUT2D eigenvalue weighted by Crippen LogP contribution is 2.34. The van der Waals surface area contributed by atoms with Gasteiger partial charge in [0.05, 0.1) is 5.69 Å². The van der Waals surface area contributed by atoms with Crippen molar-refractivity contribution in [1.29, 1.82) is 0 Å². The molecule has 3 N–H and O–H groups in total. The third-order valence-electron chi connectivity index (χ3n) is 3.22. The lowest BCUT2D eigenvalue weighted by atomic mass is 10.2. The minimum absolute atomic E-state index is 0.0197. The fourth-order valence-electron chi connectivity index (χ4n) is 1.92. The lowest BCUT2D eigenvalue weighted by Crippen LogP contribution is -2.46. The highest BCUT2D eigenvalue weighted by molar-refractivity contribution is 9.10. The molecule has 1 aliphatic rings. The van der Waals surface area contributed by atoms with Gasteiger partial charge in [0.25, 0.3) is 5.91 Å². The summed E-state index contributed by atoms with van der Waals surface area (Å²) in [5.41, 5.74) is 6.11. The summed E-state index contributed by atoms with van der Waals surface area (Å²) in [7, 11) is 0. The molecule has 0 saturated heterocycles. The van der Waals surface area contributed by atoms with Crippen molar-refractivity contribution in [3.8, 4) is 5.75 Å². The first-order valence-electron chi connectivity index (χ1n) is 6.70. The Labute approximate surface area is 131 Å². The summed E-state index contributed by atoms with van der Waals surface area (Å²) in [5.74, 6) is 0.357. The Morgan fingerprint density at radius 2 is 2.33 bits per heavy atom. The van der Waals surface area contributed by atoms with Gasteiger partial charge in [-0.05, 0) is 30.7 Å². The summed E-state index contributed by atoms with van der Waals surface area (Å²) >= 11 is 3.35. The molecule has 2 amide bonds.